The van der Waals surface area contributed by atoms with E-state index in [4.69, 9.17) is 4.74 Å². The Hall–Kier alpha value is -0.940. The lowest BCUT2D eigenvalue weighted by molar-refractivity contribution is -0.172. The maximum absolute atomic E-state index is 12.7. The smallest absolute Gasteiger partial charge is 0.306 e. The van der Waals surface area contributed by atoms with Gasteiger partial charge in [-0.3, -0.25) is 9.59 Å². The van der Waals surface area contributed by atoms with Gasteiger partial charge in [0.25, 0.3) is 0 Å². The van der Waals surface area contributed by atoms with Crippen molar-refractivity contribution < 1.29 is 24.5 Å². The fourth-order valence-corrected chi connectivity index (χ4v) is 4.15. The molecule has 0 unspecified atom stereocenters. The summed E-state index contributed by atoms with van der Waals surface area (Å²) in [6.07, 6.45) is 4.69. The summed E-state index contributed by atoms with van der Waals surface area (Å²) in [6.45, 7) is 4.96. The van der Waals surface area contributed by atoms with E-state index in [1.807, 2.05) is 0 Å². The third kappa shape index (κ3) is 4.32. The SMILES string of the molecule is CC(C)(C)OC(=O)C[C@@H]1[C@@H]2CCCCC[C@H](C[C@]1(O)CO)C2=O. The zero-order valence-corrected chi connectivity index (χ0v) is 14.5. The highest BCUT2D eigenvalue weighted by Crippen LogP contribution is 2.45. The van der Waals surface area contributed by atoms with Crippen molar-refractivity contribution >= 4 is 11.8 Å². The van der Waals surface area contributed by atoms with E-state index in [1.54, 1.807) is 20.8 Å². The van der Waals surface area contributed by atoms with Gasteiger partial charge in [0.2, 0.25) is 0 Å². The second-order valence-electron chi connectivity index (χ2n) is 8.21. The average molecular weight is 326 g/mol. The van der Waals surface area contributed by atoms with Crippen LogP contribution in [0.3, 0.4) is 0 Å². The van der Waals surface area contributed by atoms with Crippen molar-refractivity contribution in [1.29, 1.82) is 0 Å². The number of esters is 1. The van der Waals surface area contributed by atoms with Gasteiger partial charge in [0.1, 0.15) is 11.4 Å². The van der Waals surface area contributed by atoms with Crippen molar-refractivity contribution in [3.8, 4) is 0 Å². The van der Waals surface area contributed by atoms with E-state index in [0.717, 1.165) is 25.7 Å². The lowest BCUT2D eigenvalue weighted by atomic mass is 9.60. The van der Waals surface area contributed by atoms with E-state index in [1.165, 1.54) is 0 Å². The highest BCUT2D eigenvalue weighted by molar-refractivity contribution is 5.86. The fourth-order valence-electron chi connectivity index (χ4n) is 4.15. The van der Waals surface area contributed by atoms with Crippen LogP contribution in [0.2, 0.25) is 0 Å². The minimum absolute atomic E-state index is 0.0164. The molecule has 2 aliphatic rings. The first-order valence-corrected chi connectivity index (χ1v) is 8.75. The lowest BCUT2D eigenvalue weighted by Crippen LogP contribution is -2.55. The van der Waals surface area contributed by atoms with E-state index in [9.17, 15) is 19.8 Å². The predicted molar refractivity (Wildman–Crippen MR) is 85.7 cm³/mol. The molecule has 0 heterocycles. The Morgan fingerprint density at radius 1 is 1.26 bits per heavy atom. The number of hydrogen-bond donors (Lipinski definition) is 2. The zero-order valence-electron chi connectivity index (χ0n) is 14.5. The summed E-state index contributed by atoms with van der Waals surface area (Å²) in [5.41, 5.74) is -1.96. The number of ketones is 1. The molecule has 0 aromatic carbocycles. The van der Waals surface area contributed by atoms with Crippen LogP contribution in [0.5, 0.6) is 0 Å². The molecule has 2 fully saturated rings. The normalized spacial score (nSPS) is 35.3. The van der Waals surface area contributed by atoms with Crippen LogP contribution >= 0.6 is 0 Å². The standard InChI is InChI=1S/C18H30O5/c1-17(2,3)23-15(20)9-14-13-8-6-4-5-7-12(16(13)21)10-18(14,22)11-19/h12-14,19,22H,4-11H2,1-3H3/t12-,13+,14-,18+/m1/s1. The summed E-state index contributed by atoms with van der Waals surface area (Å²) in [7, 11) is 0. The molecular formula is C18H30O5. The molecule has 0 aromatic rings. The number of hydrogen-bond acceptors (Lipinski definition) is 5. The first-order chi connectivity index (χ1) is 10.7. The Morgan fingerprint density at radius 2 is 1.91 bits per heavy atom. The monoisotopic (exact) mass is 326 g/mol. The highest BCUT2D eigenvalue weighted by atomic mass is 16.6. The average Bonchev–Trinajstić information content (AvgIpc) is 2.43. The van der Waals surface area contributed by atoms with Crippen LogP contribution in [0.15, 0.2) is 0 Å². The van der Waals surface area contributed by atoms with E-state index >= 15 is 0 Å². The number of ether oxygens (including phenoxy) is 1. The molecule has 0 saturated heterocycles. The van der Waals surface area contributed by atoms with Crippen molar-refractivity contribution in [2.75, 3.05) is 6.61 Å². The molecular weight excluding hydrogens is 296 g/mol. The molecule has 2 N–H and O–H groups in total. The van der Waals surface area contributed by atoms with Crippen molar-refractivity contribution in [3.05, 3.63) is 0 Å². The molecule has 0 spiro atoms. The summed E-state index contributed by atoms with van der Waals surface area (Å²) in [5.74, 6) is -1.34. The molecule has 5 heteroatoms. The van der Waals surface area contributed by atoms with E-state index in [2.05, 4.69) is 0 Å². The Bertz CT molecular complexity index is 453. The minimum Gasteiger partial charge on any atom is -0.460 e. The first-order valence-electron chi connectivity index (χ1n) is 8.75. The maximum atomic E-state index is 12.7. The molecule has 4 atom stereocenters. The number of carbonyl (C=O) groups excluding carboxylic acids is 2. The summed E-state index contributed by atoms with van der Waals surface area (Å²) >= 11 is 0. The molecule has 0 aromatic heterocycles. The van der Waals surface area contributed by atoms with Crippen molar-refractivity contribution in [2.45, 2.75) is 76.9 Å². The van der Waals surface area contributed by atoms with Crippen molar-refractivity contribution in [3.63, 3.8) is 0 Å². The van der Waals surface area contributed by atoms with Gasteiger partial charge in [-0.25, -0.2) is 0 Å². The fraction of sp³-hybridized carbons (Fsp3) is 0.889. The third-order valence-electron chi connectivity index (χ3n) is 5.19. The van der Waals surface area contributed by atoms with Crippen LogP contribution in [0.25, 0.3) is 0 Å². The largest absolute Gasteiger partial charge is 0.460 e. The molecule has 5 nitrogen and oxygen atoms in total. The van der Waals surface area contributed by atoms with E-state index in [-0.39, 0.29) is 30.5 Å². The van der Waals surface area contributed by atoms with Gasteiger partial charge >= 0.3 is 5.97 Å². The Morgan fingerprint density at radius 3 is 2.52 bits per heavy atom. The van der Waals surface area contributed by atoms with Gasteiger partial charge in [-0.1, -0.05) is 19.3 Å². The van der Waals surface area contributed by atoms with Crippen LogP contribution < -0.4 is 0 Å². The predicted octanol–water partition coefficient (Wildman–Crippen LogP) is 2.23. The van der Waals surface area contributed by atoms with Gasteiger partial charge in [-0.15, -0.1) is 0 Å². The van der Waals surface area contributed by atoms with Crippen LogP contribution in [-0.4, -0.2) is 39.8 Å². The van der Waals surface area contributed by atoms with Gasteiger partial charge in [0, 0.05) is 17.8 Å². The summed E-state index contributed by atoms with van der Waals surface area (Å²) in [6, 6.07) is 0. The topological polar surface area (TPSA) is 83.8 Å². The second-order valence-corrected chi connectivity index (χ2v) is 8.21. The highest BCUT2D eigenvalue weighted by Gasteiger charge is 2.52. The minimum atomic E-state index is -1.36. The number of carbonyl (C=O) groups is 2. The molecule has 0 aliphatic heterocycles. The van der Waals surface area contributed by atoms with Gasteiger partial charge < -0.3 is 14.9 Å². The van der Waals surface area contributed by atoms with Crippen LogP contribution in [0.1, 0.15) is 65.7 Å². The molecule has 0 radical (unpaired) electrons. The van der Waals surface area contributed by atoms with Crippen molar-refractivity contribution in [2.24, 2.45) is 17.8 Å². The lowest BCUT2D eigenvalue weighted by Gasteiger charge is -2.47. The van der Waals surface area contributed by atoms with E-state index in [0.29, 0.717) is 6.42 Å². The number of aliphatic hydroxyl groups is 2. The molecule has 23 heavy (non-hydrogen) atoms. The van der Waals surface area contributed by atoms with Gasteiger partial charge in [-0.05, 0) is 40.0 Å². The Labute approximate surface area is 138 Å². The van der Waals surface area contributed by atoms with Gasteiger partial charge in [-0.2, -0.15) is 0 Å². The molecule has 2 saturated carbocycles. The van der Waals surface area contributed by atoms with Crippen LogP contribution in [0.4, 0.5) is 0 Å². The van der Waals surface area contributed by atoms with Gasteiger partial charge in [0.05, 0.1) is 18.6 Å². The molecule has 0 amide bonds. The number of aliphatic hydroxyl groups excluding tert-OH is 1. The first kappa shape index (κ1) is 18.4. The van der Waals surface area contributed by atoms with Crippen molar-refractivity contribution in [1.82, 2.24) is 0 Å². The summed E-state index contributed by atoms with van der Waals surface area (Å²) in [5, 5.41) is 20.7. The Kier molecular flexibility index (Phi) is 5.52. The molecule has 2 bridgehead atoms. The molecule has 2 rings (SSSR count). The quantitative estimate of drug-likeness (QED) is 0.777. The second kappa shape index (κ2) is 6.89. The molecule has 132 valence electrons. The van der Waals surface area contributed by atoms with Gasteiger partial charge in [0.15, 0.2) is 0 Å². The maximum Gasteiger partial charge on any atom is 0.306 e. The zero-order chi connectivity index (χ0) is 17.3. The Balaban J connectivity index is 2.22. The summed E-state index contributed by atoms with van der Waals surface area (Å²) < 4.78 is 5.36. The number of Topliss-reactive ketones (excluding diaryl/α,β-unsaturated/α-hetero) is 1. The molecule has 2 aliphatic carbocycles. The van der Waals surface area contributed by atoms with Crippen LogP contribution in [-0.2, 0) is 14.3 Å². The van der Waals surface area contributed by atoms with E-state index < -0.39 is 29.7 Å². The summed E-state index contributed by atoms with van der Waals surface area (Å²) in [4.78, 5) is 24.9. The third-order valence-corrected chi connectivity index (χ3v) is 5.19. The number of rotatable bonds is 3. The van der Waals surface area contributed by atoms with Crippen LogP contribution in [0, 0.1) is 17.8 Å². The number of fused-ring (bicyclic) bond motifs is 2.